The molecule has 5 heteroatoms. The number of hydrogen-bond acceptors (Lipinski definition) is 3. The van der Waals surface area contributed by atoms with E-state index in [0.717, 1.165) is 17.7 Å². The van der Waals surface area contributed by atoms with Gasteiger partial charge in [-0.25, -0.2) is 0 Å². The van der Waals surface area contributed by atoms with Crippen molar-refractivity contribution in [2.45, 2.75) is 13.3 Å². The van der Waals surface area contributed by atoms with Gasteiger partial charge in [-0.05, 0) is 42.3 Å². The first kappa shape index (κ1) is 14.0. The molecule has 2 aromatic heterocycles. The highest BCUT2D eigenvalue weighted by Crippen LogP contribution is 2.17. The molecule has 0 fully saturated rings. The molecule has 0 saturated carbocycles. The molecule has 0 bridgehead atoms. The first-order chi connectivity index (χ1) is 10.8. The fourth-order valence-electron chi connectivity index (χ4n) is 2.13. The van der Waals surface area contributed by atoms with Crippen molar-refractivity contribution < 1.29 is 4.79 Å². The Kier molecular flexibility index (Phi) is 3.96. The van der Waals surface area contributed by atoms with Gasteiger partial charge < -0.3 is 5.32 Å². The normalized spacial score (nSPS) is 10.4. The molecule has 1 aromatic carbocycles. The first-order valence-electron chi connectivity index (χ1n) is 7.12. The summed E-state index contributed by atoms with van der Waals surface area (Å²) in [7, 11) is 0. The molecule has 5 nitrogen and oxygen atoms in total. The van der Waals surface area contributed by atoms with Gasteiger partial charge in [-0.3, -0.25) is 14.9 Å². The van der Waals surface area contributed by atoms with Crippen molar-refractivity contribution in [3.63, 3.8) is 0 Å². The second kappa shape index (κ2) is 6.22. The largest absolute Gasteiger partial charge is 0.321 e. The number of H-pyrrole nitrogens is 1. The van der Waals surface area contributed by atoms with Crippen LogP contribution in [0.25, 0.3) is 11.3 Å². The highest BCUT2D eigenvalue weighted by Gasteiger charge is 2.11. The van der Waals surface area contributed by atoms with Gasteiger partial charge >= 0.3 is 0 Å². The van der Waals surface area contributed by atoms with Gasteiger partial charge in [0.25, 0.3) is 5.91 Å². The number of aryl methyl sites for hydroxylation is 1. The van der Waals surface area contributed by atoms with Crippen molar-refractivity contribution in [2.75, 3.05) is 5.32 Å². The molecule has 3 aromatic rings. The Morgan fingerprint density at radius 1 is 1.14 bits per heavy atom. The molecule has 0 saturated heterocycles. The van der Waals surface area contributed by atoms with Crippen LogP contribution in [0.5, 0.6) is 0 Å². The molecule has 0 aliphatic rings. The second-order valence-corrected chi connectivity index (χ2v) is 4.91. The minimum Gasteiger partial charge on any atom is -0.321 e. The zero-order valence-electron chi connectivity index (χ0n) is 12.2. The van der Waals surface area contributed by atoms with Crippen LogP contribution in [-0.4, -0.2) is 21.1 Å². The molecular formula is C17H16N4O. The molecule has 110 valence electrons. The summed E-state index contributed by atoms with van der Waals surface area (Å²) in [6, 6.07) is 13.2. The Labute approximate surface area is 128 Å². The van der Waals surface area contributed by atoms with Crippen molar-refractivity contribution in [1.82, 2.24) is 15.2 Å². The number of pyridine rings is 1. The molecule has 0 radical (unpaired) electrons. The molecule has 3 rings (SSSR count). The van der Waals surface area contributed by atoms with E-state index in [-0.39, 0.29) is 5.91 Å². The van der Waals surface area contributed by atoms with E-state index in [1.54, 1.807) is 18.5 Å². The highest BCUT2D eigenvalue weighted by molar-refractivity contribution is 6.03. The van der Waals surface area contributed by atoms with Gasteiger partial charge in [-0.2, -0.15) is 5.10 Å². The summed E-state index contributed by atoms with van der Waals surface area (Å²) in [6.07, 6.45) is 4.36. The second-order valence-electron chi connectivity index (χ2n) is 4.91. The average Bonchev–Trinajstić information content (AvgIpc) is 3.06. The van der Waals surface area contributed by atoms with Crippen LogP contribution in [0, 0.1) is 0 Å². The lowest BCUT2D eigenvalue weighted by molar-refractivity contribution is 0.102. The number of nitrogens with one attached hydrogen (secondary N) is 2. The Morgan fingerprint density at radius 3 is 2.55 bits per heavy atom. The number of aromatic amines is 1. The molecular weight excluding hydrogens is 276 g/mol. The van der Waals surface area contributed by atoms with Crippen LogP contribution >= 0.6 is 0 Å². The van der Waals surface area contributed by atoms with Gasteiger partial charge in [0.1, 0.15) is 5.69 Å². The van der Waals surface area contributed by atoms with Gasteiger partial charge in [-0.15, -0.1) is 0 Å². The number of aromatic nitrogens is 3. The Balaban J connectivity index is 1.74. The monoisotopic (exact) mass is 292 g/mol. The molecule has 22 heavy (non-hydrogen) atoms. The quantitative estimate of drug-likeness (QED) is 0.775. The van der Waals surface area contributed by atoms with E-state index in [4.69, 9.17) is 0 Å². The number of rotatable bonds is 4. The van der Waals surface area contributed by atoms with Crippen LogP contribution in [0.15, 0.2) is 54.9 Å². The Morgan fingerprint density at radius 2 is 1.86 bits per heavy atom. The number of hydrogen-bond donors (Lipinski definition) is 2. The van der Waals surface area contributed by atoms with Crippen LogP contribution in [0.2, 0.25) is 0 Å². The minimum atomic E-state index is -0.211. The van der Waals surface area contributed by atoms with Crippen molar-refractivity contribution in [3.8, 4) is 11.3 Å². The fourth-order valence-corrected chi connectivity index (χ4v) is 2.13. The summed E-state index contributed by atoms with van der Waals surface area (Å²) in [5.74, 6) is -0.211. The van der Waals surface area contributed by atoms with Gasteiger partial charge in [0.15, 0.2) is 0 Å². The van der Waals surface area contributed by atoms with E-state index in [2.05, 4.69) is 27.4 Å². The van der Waals surface area contributed by atoms with Crippen LogP contribution in [0.4, 0.5) is 5.69 Å². The summed E-state index contributed by atoms with van der Waals surface area (Å²) < 4.78 is 0. The number of carbonyl (C=O) groups excluding carboxylic acids is 1. The average molecular weight is 292 g/mol. The molecule has 0 aliphatic carbocycles. The molecule has 2 heterocycles. The number of benzene rings is 1. The lowest BCUT2D eigenvalue weighted by atomic mass is 10.1. The zero-order chi connectivity index (χ0) is 15.4. The third-order valence-electron chi connectivity index (χ3n) is 3.42. The first-order valence-corrected chi connectivity index (χ1v) is 7.12. The van der Waals surface area contributed by atoms with E-state index in [9.17, 15) is 4.79 Å². The van der Waals surface area contributed by atoms with Crippen molar-refractivity contribution in [2.24, 2.45) is 0 Å². The Hall–Kier alpha value is -2.95. The zero-order valence-corrected chi connectivity index (χ0v) is 12.2. The summed E-state index contributed by atoms with van der Waals surface area (Å²) in [5, 5.41) is 9.78. The SMILES string of the molecule is CCc1ccc(NC(=O)c2cc(-c3ccncc3)n[nH]2)cc1. The van der Waals surface area contributed by atoms with Crippen LogP contribution < -0.4 is 5.32 Å². The Bertz CT molecular complexity index is 763. The number of amides is 1. The number of nitrogens with zero attached hydrogens (tertiary/aromatic N) is 2. The summed E-state index contributed by atoms with van der Waals surface area (Å²) in [4.78, 5) is 16.2. The molecule has 0 atom stereocenters. The van der Waals surface area contributed by atoms with Crippen molar-refractivity contribution in [3.05, 3.63) is 66.1 Å². The van der Waals surface area contributed by atoms with Crippen molar-refractivity contribution in [1.29, 1.82) is 0 Å². The summed E-state index contributed by atoms with van der Waals surface area (Å²) in [5.41, 5.74) is 4.06. The van der Waals surface area contributed by atoms with E-state index < -0.39 is 0 Å². The highest BCUT2D eigenvalue weighted by atomic mass is 16.1. The lowest BCUT2D eigenvalue weighted by Crippen LogP contribution is -2.12. The molecule has 1 amide bonds. The van der Waals surface area contributed by atoms with E-state index >= 15 is 0 Å². The maximum Gasteiger partial charge on any atom is 0.273 e. The topological polar surface area (TPSA) is 70.7 Å². The maximum absolute atomic E-state index is 12.2. The third-order valence-corrected chi connectivity index (χ3v) is 3.42. The molecule has 0 spiro atoms. The van der Waals surface area contributed by atoms with Gasteiger partial charge in [0.05, 0.1) is 5.69 Å². The predicted octanol–water partition coefficient (Wildman–Crippen LogP) is 3.29. The van der Waals surface area contributed by atoms with E-state index in [1.165, 1.54) is 5.56 Å². The summed E-state index contributed by atoms with van der Waals surface area (Å²) >= 11 is 0. The minimum absolute atomic E-state index is 0.211. The fraction of sp³-hybridized carbons (Fsp3) is 0.118. The molecule has 2 N–H and O–H groups in total. The van der Waals surface area contributed by atoms with Gasteiger partial charge in [-0.1, -0.05) is 19.1 Å². The maximum atomic E-state index is 12.2. The van der Waals surface area contributed by atoms with Crippen LogP contribution in [0.1, 0.15) is 23.0 Å². The standard InChI is InChI=1S/C17H16N4O/c1-2-12-3-5-14(6-4-12)19-17(22)16-11-15(20-21-16)13-7-9-18-10-8-13/h3-11H,2H2,1H3,(H,19,22)(H,20,21). The number of anilines is 1. The van der Waals surface area contributed by atoms with E-state index in [0.29, 0.717) is 11.4 Å². The van der Waals surface area contributed by atoms with Crippen LogP contribution in [-0.2, 0) is 6.42 Å². The molecule has 0 aliphatic heterocycles. The van der Waals surface area contributed by atoms with Gasteiger partial charge in [0.2, 0.25) is 0 Å². The molecule has 0 unspecified atom stereocenters. The van der Waals surface area contributed by atoms with Gasteiger partial charge in [0, 0.05) is 23.6 Å². The number of carbonyl (C=O) groups is 1. The van der Waals surface area contributed by atoms with Crippen molar-refractivity contribution >= 4 is 11.6 Å². The third kappa shape index (κ3) is 3.03. The lowest BCUT2D eigenvalue weighted by Gasteiger charge is -2.04. The van der Waals surface area contributed by atoms with Crippen LogP contribution in [0.3, 0.4) is 0 Å². The van der Waals surface area contributed by atoms with E-state index in [1.807, 2.05) is 36.4 Å². The summed E-state index contributed by atoms with van der Waals surface area (Å²) in [6.45, 7) is 2.10. The smallest absolute Gasteiger partial charge is 0.273 e. The predicted molar refractivity (Wildman–Crippen MR) is 85.6 cm³/mol.